The van der Waals surface area contributed by atoms with Gasteiger partial charge in [0, 0.05) is 31.5 Å². The molecule has 0 atom stereocenters. The maximum absolute atomic E-state index is 14.0. The summed E-state index contributed by atoms with van der Waals surface area (Å²) in [7, 11) is 0. The van der Waals surface area contributed by atoms with E-state index in [-0.39, 0.29) is 5.65 Å². The van der Waals surface area contributed by atoms with Crippen molar-refractivity contribution < 1.29 is 4.39 Å². The van der Waals surface area contributed by atoms with Crippen LogP contribution in [-0.4, -0.2) is 26.1 Å². The number of fused-ring (bicyclic) bond motifs is 1. The van der Waals surface area contributed by atoms with Crippen LogP contribution in [0.2, 0.25) is 0 Å². The molecule has 0 spiro atoms. The molecule has 3 aromatic heterocycles. The number of pyridine rings is 1. The van der Waals surface area contributed by atoms with E-state index in [4.69, 9.17) is 0 Å². The lowest BCUT2D eigenvalue weighted by molar-refractivity contribution is 0.579. The lowest BCUT2D eigenvalue weighted by atomic mass is 10.1. The Morgan fingerprint density at radius 2 is 2.08 bits per heavy atom. The van der Waals surface area contributed by atoms with E-state index in [1.54, 1.807) is 12.4 Å². The average molecular weight is 340 g/mol. The molecular formula is C18H21FN6. The highest BCUT2D eigenvalue weighted by molar-refractivity contribution is 5.57. The Balaban J connectivity index is 1.55. The molecule has 0 aliphatic heterocycles. The van der Waals surface area contributed by atoms with Gasteiger partial charge in [0.05, 0.1) is 6.20 Å². The summed E-state index contributed by atoms with van der Waals surface area (Å²) < 4.78 is 15.5. The van der Waals surface area contributed by atoms with E-state index < -0.39 is 5.82 Å². The van der Waals surface area contributed by atoms with E-state index in [2.05, 4.69) is 25.7 Å². The molecule has 1 aliphatic rings. The Morgan fingerprint density at radius 1 is 1.20 bits per heavy atom. The van der Waals surface area contributed by atoms with Gasteiger partial charge in [0.2, 0.25) is 0 Å². The highest BCUT2D eigenvalue weighted by Crippen LogP contribution is 2.25. The number of halogens is 1. The van der Waals surface area contributed by atoms with Crippen molar-refractivity contribution in [2.24, 2.45) is 5.92 Å². The Bertz CT molecular complexity index is 841. The predicted molar refractivity (Wildman–Crippen MR) is 95.0 cm³/mol. The maximum Gasteiger partial charge on any atom is 0.195 e. The lowest BCUT2D eigenvalue weighted by Crippen LogP contribution is -2.14. The molecule has 0 bridgehead atoms. The summed E-state index contributed by atoms with van der Waals surface area (Å²) in [5.74, 6) is 1.63. The molecule has 0 unspecified atom stereocenters. The first-order valence-corrected chi connectivity index (χ1v) is 8.70. The van der Waals surface area contributed by atoms with E-state index in [0.717, 1.165) is 12.1 Å². The topological polar surface area (TPSA) is 67.1 Å². The van der Waals surface area contributed by atoms with Crippen LogP contribution in [0, 0.1) is 11.7 Å². The third kappa shape index (κ3) is 3.55. The first-order valence-electron chi connectivity index (χ1n) is 8.70. The van der Waals surface area contributed by atoms with Crippen LogP contribution in [0.5, 0.6) is 0 Å². The Hall–Kier alpha value is -2.70. The van der Waals surface area contributed by atoms with Gasteiger partial charge in [-0.2, -0.15) is 9.61 Å². The van der Waals surface area contributed by atoms with Gasteiger partial charge < -0.3 is 10.6 Å². The SMILES string of the molecule is Fc1cnn2c(NCc3cccnc3)cc(NCC3CCCC3)nc12. The monoisotopic (exact) mass is 340 g/mol. The molecule has 2 N–H and O–H groups in total. The van der Waals surface area contributed by atoms with Crippen LogP contribution < -0.4 is 10.6 Å². The number of hydrogen-bond acceptors (Lipinski definition) is 5. The number of aromatic nitrogens is 4. The van der Waals surface area contributed by atoms with Gasteiger partial charge in [-0.15, -0.1) is 0 Å². The third-order valence-electron chi connectivity index (χ3n) is 4.67. The van der Waals surface area contributed by atoms with E-state index in [1.807, 2.05) is 18.2 Å². The second-order valence-corrected chi connectivity index (χ2v) is 6.50. The van der Waals surface area contributed by atoms with Gasteiger partial charge in [0.15, 0.2) is 11.5 Å². The van der Waals surface area contributed by atoms with Crippen LogP contribution in [0.1, 0.15) is 31.2 Å². The van der Waals surface area contributed by atoms with Crippen molar-refractivity contribution >= 4 is 17.3 Å². The fourth-order valence-electron chi connectivity index (χ4n) is 3.31. The molecule has 1 aliphatic carbocycles. The van der Waals surface area contributed by atoms with Gasteiger partial charge in [0.1, 0.15) is 11.6 Å². The second-order valence-electron chi connectivity index (χ2n) is 6.50. The maximum atomic E-state index is 14.0. The van der Waals surface area contributed by atoms with Crippen LogP contribution in [-0.2, 0) is 6.54 Å². The molecule has 0 radical (unpaired) electrons. The fourth-order valence-corrected chi connectivity index (χ4v) is 3.31. The summed E-state index contributed by atoms with van der Waals surface area (Å²) in [5.41, 5.74) is 1.27. The summed E-state index contributed by atoms with van der Waals surface area (Å²) in [6.07, 6.45) is 9.83. The van der Waals surface area contributed by atoms with Crippen molar-refractivity contribution in [2.45, 2.75) is 32.2 Å². The molecule has 3 aromatic rings. The van der Waals surface area contributed by atoms with Crippen molar-refractivity contribution in [3.8, 4) is 0 Å². The lowest BCUT2D eigenvalue weighted by Gasteiger charge is -2.14. The Morgan fingerprint density at radius 3 is 2.88 bits per heavy atom. The average Bonchev–Trinajstić information content (AvgIpc) is 3.29. The van der Waals surface area contributed by atoms with Crippen LogP contribution in [0.15, 0.2) is 36.8 Å². The number of rotatable bonds is 6. The fraction of sp³-hybridized carbons (Fsp3) is 0.389. The zero-order valence-electron chi connectivity index (χ0n) is 14.0. The van der Waals surface area contributed by atoms with E-state index in [1.165, 1.54) is 36.4 Å². The van der Waals surface area contributed by atoms with Crippen molar-refractivity contribution in [1.82, 2.24) is 19.6 Å². The minimum atomic E-state index is -0.422. The van der Waals surface area contributed by atoms with Crippen molar-refractivity contribution in [1.29, 1.82) is 0 Å². The van der Waals surface area contributed by atoms with Gasteiger partial charge in [-0.25, -0.2) is 9.37 Å². The number of nitrogens with one attached hydrogen (secondary N) is 2. The van der Waals surface area contributed by atoms with Crippen LogP contribution in [0.4, 0.5) is 16.0 Å². The van der Waals surface area contributed by atoms with E-state index in [0.29, 0.717) is 24.1 Å². The smallest absolute Gasteiger partial charge is 0.195 e. The zero-order valence-corrected chi connectivity index (χ0v) is 14.0. The Labute approximate surface area is 145 Å². The molecule has 0 aromatic carbocycles. The Kier molecular flexibility index (Phi) is 4.45. The second kappa shape index (κ2) is 7.04. The first kappa shape index (κ1) is 15.8. The first-order chi connectivity index (χ1) is 12.3. The van der Waals surface area contributed by atoms with Crippen LogP contribution in [0.25, 0.3) is 5.65 Å². The minimum Gasteiger partial charge on any atom is -0.370 e. The van der Waals surface area contributed by atoms with Gasteiger partial charge in [0.25, 0.3) is 0 Å². The predicted octanol–water partition coefficient (Wildman–Crippen LogP) is 3.48. The number of nitrogens with zero attached hydrogens (tertiary/aromatic N) is 4. The summed E-state index contributed by atoms with van der Waals surface area (Å²) in [5, 5.41) is 10.7. The molecule has 1 fully saturated rings. The zero-order chi connectivity index (χ0) is 17.1. The highest BCUT2D eigenvalue weighted by atomic mass is 19.1. The molecule has 25 heavy (non-hydrogen) atoms. The molecule has 0 saturated heterocycles. The largest absolute Gasteiger partial charge is 0.370 e. The normalized spacial score (nSPS) is 14.9. The van der Waals surface area contributed by atoms with E-state index in [9.17, 15) is 4.39 Å². The highest BCUT2D eigenvalue weighted by Gasteiger charge is 2.16. The third-order valence-corrected chi connectivity index (χ3v) is 4.67. The molecular weight excluding hydrogens is 319 g/mol. The van der Waals surface area contributed by atoms with Gasteiger partial charge >= 0.3 is 0 Å². The van der Waals surface area contributed by atoms with Crippen molar-refractivity contribution in [2.75, 3.05) is 17.2 Å². The molecule has 4 rings (SSSR count). The summed E-state index contributed by atoms with van der Waals surface area (Å²) in [6.45, 7) is 1.46. The van der Waals surface area contributed by atoms with Crippen molar-refractivity contribution in [3.05, 3.63) is 48.2 Å². The van der Waals surface area contributed by atoms with Gasteiger partial charge in [-0.05, 0) is 30.4 Å². The minimum absolute atomic E-state index is 0.227. The molecule has 1 saturated carbocycles. The molecule has 6 nitrogen and oxygen atoms in total. The van der Waals surface area contributed by atoms with Crippen LogP contribution in [0.3, 0.4) is 0 Å². The molecule has 3 heterocycles. The summed E-state index contributed by atoms with van der Waals surface area (Å²) >= 11 is 0. The quantitative estimate of drug-likeness (QED) is 0.719. The van der Waals surface area contributed by atoms with Crippen molar-refractivity contribution in [3.63, 3.8) is 0 Å². The summed E-state index contributed by atoms with van der Waals surface area (Å²) in [6, 6.07) is 5.76. The van der Waals surface area contributed by atoms with Gasteiger partial charge in [-0.1, -0.05) is 18.9 Å². The molecule has 130 valence electrons. The number of hydrogen-bond donors (Lipinski definition) is 2. The number of anilines is 2. The molecule has 0 amide bonds. The van der Waals surface area contributed by atoms with Gasteiger partial charge in [-0.3, -0.25) is 4.98 Å². The summed E-state index contributed by atoms with van der Waals surface area (Å²) in [4.78, 5) is 8.48. The van der Waals surface area contributed by atoms with E-state index >= 15 is 0 Å². The standard InChI is InChI=1S/C18H21FN6/c19-15-12-23-25-17(22-11-14-6-3-7-20-9-14)8-16(24-18(15)25)21-10-13-4-1-2-5-13/h3,6-9,12-13,22H,1-2,4-5,10-11H2,(H,21,24). The van der Waals surface area contributed by atoms with Crippen LogP contribution >= 0.6 is 0 Å². The molecule has 7 heteroatoms.